The minimum Gasteiger partial charge on any atom is -0.0653 e. The molecule has 0 aromatic heterocycles. The van der Waals surface area contributed by atoms with Gasteiger partial charge in [0.05, 0.1) is 0 Å². The first-order valence-electron chi connectivity index (χ1n) is 17.1. The Morgan fingerprint density at radius 3 is 1.31 bits per heavy atom. The van der Waals surface area contributed by atoms with Gasteiger partial charge in [-0.25, -0.2) is 0 Å². The standard InChI is InChI=1S/C45H52/c1-11-22-45(10,35-25-31-14-12-16-39(41(31)27-35)37-20-18-33(23-29(37)2)43(4,5)6)36-26-32-15-13-17-40(42(32)28-36)38-21-19-34(24-30(38)3)44(7,8)9/h12-21,23-24,27-28H,11,22,25-26H2,1-10H3. The molecule has 0 radical (unpaired) electrons. The van der Waals surface area contributed by atoms with Crippen molar-refractivity contribution >= 4 is 12.2 Å². The molecule has 0 nitrogen and oxygen atoms in total. The molecule has 0 fully saturated rings. The van der Waals surface area contributed by atoms with Crippen LogP contribution in [0, 0.1) is 19.3 Å². The third-order valence-corrected chi connectivity index (χ3v) is 10.7. The molecule has 0 heteroatoms. The van der Waals surface area contributed by atoms with Crippen LogP contribution in [0.15, 0.2) is 83.9 Å². The predicted octanol–water partition coefficient (Wildman–Crippen LogP) is 12.6. The summed E-state index contributed by atoms with van der Waals surface area (Å²) < 4.78 is 0. The van der Waals surface area contributed by atoms with Crippen LogP contribution < -0.4 is 0 Å². The van der Waals surface area contributed by atoms with Crippen LogP contribution in [0.25, 0.3) is 34.4 Å². The Labute approximate surface area is 273 Å². The van der Waals surface area contributed by atoms with Gasteiger partial charge in [0.25, 0.3) is 0 Å². The van der Waals surface area contributed by atoms with Gasteiger partial charge in [0.15, 0.2) is 0 Å². The molecule has 0 heterocycles. The quantitative estimate of drug-likeness (QED) is 0.209. The molecule has 0 unspecified atom stereocenters. The van der Waals surface area contributed by atoms with E-state index in [-0.39, 0.29) is 16.2 Å². The van der Waals surface area contributed by atoms with E-state index in [1.807, 2.05) is 0 Å². The number of allylic oxidation sites excluding steroid dienone is 2. The highest BCUT2D eigenvalue weighted by Gasteiger charge is 2.37. The van der Waals surface area contributed by atoms with Crippen molar-refractivity contribution in [1.82, 2.24) is 0 Å². The first-order valence-corrected chi connectivity index (χ1v) is 17.1. The average molecular weight is 593 g/mol. The molecular formula is C45H52. The van der Waals surface area contributed by atoms with Crippen LogP contribution in [-0.4, -0.2) is 0 Å². The van der Waals surface area contributed by atoms with Crippen molar-refractivity contribution in [2.24, 2.45) is 5.41 Å². The lowest BCUT2D eigenvalue weighted by atomic mass is 9.71. The summed E-state index contributed by atoms with van der Waals surface area (Å²) in [7, 11) is 0. The molecule has 4 aromatic carbocycles. The molecule has 0 amide bonds. The highest BCUT2D eigenvalue weighted by Crippen LogP contribution is 2.51. The third-order valence-electron chi connectivity index (χ3n) is 10.7. The van der Waals surface area contributed by atoms with Gasteiger partial charge in [-0.2, -0.15) is 0 Å². The van der Waals surface area contributed by atoms with Crippen LogP contribution in [0.2, 0.25) is 0 Å². The van der Waals surface area contributed by atoms with Crippen LogP contribution in [0.4, 0.5) is 0 Å². The van der Waals surface area contributed by atoms with Crippen LogP contribution in [0.1, 0.15) is 113 Å². The Morgan fingerprint density at radius 2 is 0.956 bits per heavy atom. The minimum absolute atomic E-state index is 0.0254. The van der Waals surface area contributed by atoms with Crippen molar-refractivity contribution in [1.29, 1.82) is 0 Å². The van der Waals surface area contributed by atoms with E-state index in [4.69, 9.17) is 0 Å². The van der Waals surface area contributed by atoms with Gasteiger partial charge in [-0.05, 0) is 111 Å². The maximum Gasteiger partial charge on any atom is 0.0105 e. The van der Waals surface area contributed by atoms with Crippen LogP contribution in [0.5, 0.6) is 0 Å². The van der Waals surface area contributed by atoms with Gasteiger partial charge in [0, 0.05) is 5.41 Å². The van der Waals surface area contributed by atoms with Crippen molar-refractivity contribution in [2.75, 3.05) is 0 Å². The van der Waals surface area contributed by atoms with Gasteiger partial charge >= 0.3 is 0 Å². The molecule has 0 saturated heterocycles. The Morgan fingerprint density at radius 1 is 0.533 bits per heavy atom. The van der Waals surface area contributed by atoms with Crippen LogP contribution in [0.3, 0.4) is 0 Å². The molecule has 232 valence electrons. The first kappa shape index (κ1) is 31.3. The summed E-state index contributed by atoms with van der Waals surface area (Å²) in [6, 6.07) is 28.1. The third kappa shape index (κ3) is 5.67. The zero-order valence-corrected chi connectivity index (χ0v) is 29.4. The fraction of sp³-hybridized carbons (Fsp3) is 0.378. The SMILES string of the molecule is CCCC(C)(C1=Cc2c(cccc2-c2ccc(C(C)(C)C)cc2C)C1)C1=Cc2c(cccc2-c2ccc(C(C)(C)C)cc2C)C1. The fourth-order valence-corrected chi connectivity index (χ4v) is 7.81. The second-order valence-corrected chi connectivity index (χ2v) is 16.1. The molecule has 2 aliphatic rings. The maximum atomic E-state index is 2.57. The number of fused-ring (bicyclic) bond motifs is 2. The van der Waals surface area contributed by atoms with E-state index in [0.29, 0.717) is 0 Å². The van der Waals surface area contributed by atoms with E-state index in [1.54, 1.807) is 11.1 Å². The lowest BCUT2D eigenvalue weighted by Gasteiger charge is -2.33. The van der Waals surface area contributed by atoms with Crippen molar-refractivity contribution in [3.63, 3.8) is 0 Å². The molecule has 45 heavy (non-hydrogen) atoms. The summed E-state index contributed by atoms with van der Waals surface area (Å²) in [6.07, 6.45) is 9.53. The second kappa shape index (κ2) is 11.3. The van der Waals surface area contributed by atoms with E-state index in [2.05, 4.69) is 154 Å². The normalized spacial score (nSPS) is 14.7. The first-order chi connectivity index (χ1) is 21.2. The van der Waals surface area contributed by atoms with Crippen molar-refractivity contribution in [2.45, 2.75) is 106 Å². The predicted molar refractivity (Wildman–Crippen MR) is 197 cm³/mol. The molecule has 0 aliphatic heterocycles. The molecule has 0 spiro atoms. The number of hydrogen-bond acceptors (Lipinski definition) is 0. The van der Waals surface area contributed by atoms with Crippen molar-refractivity contribution in [3.05, 3.63) is 128 Å². The highest BCUT2D eigenvalue weighted by atomic mass is 14.4. The largest absolute Gasteiger partial charge is 0.0653 e. The molecule has 0 atom stereocenters. The number of aryl methyl sites for hydroxylation is 2. The van der Waals surface area contributed by atoms with Gasteiger partial charge in [0.2, 0.25) is 0 Å². The second-order valence-electron chi connectivity index (χ2n) is 16.1. The molecule has 6 rings (SSSR count). The van der Waals surface area contributed by atoms with Gasteiger partial charge in [-0.3, -0.25) is 0 Å². The lowest BCUT2D eigenvalue weighted by molar-refractivity contribution is 0.424. The monoisotopic (exact) mass is 592 g/mol. The summed E-state index contributed by atoms with van der Waals surface area (Å²) in [4.78, 5) is 0. The molecule has 4 aromatic rings. The Balaban J connectivity index is 1.40. The van der Waals surface area contributed by atoms with E-state index in [1.165, 1.54) is 73.2 Å². The molecule has 0 saturated carbocycles. The summed E-state index contributed by atoms with van der Waals surface area (Å²) in [6.45, 7) is 23.2. The summed E-state index contributed by atoms with van der Waals surface area (Å²) in [5.74, 6) is 0. The van der Waals surface area contributed by atoms with Crippen LogP contribution in [-0.2, 0) is 23.7 Å². The van der Waals surface area contributed by atoms with E-state index < -0.39 is 0 Å². The molecule has 2 aliphatic carbocycles. The lowest BCUT2D eigenvalue weighted by Crippen LogP contribution is -2.22. The minimum atomic E-state index is 0.0254. The van der Waals surface area contributed by atoms with E-state index in [9.17, 15) is 0 Å². The topological polar surface area (TPSA) is 0 Å². The van der Waals surface area contributed by atoms with Gasteiger partial charge in [-0.15, -0.1) is 0 Å². The number of rotatable bonds is 6. The maximum absolute atomic E-state index is 2.57. The molecule has 0 bridgehead atoms. The van der Waals surface area contributed by atoms with Crippen molar-refractivity contribution in [3.8, 4) is 22.3 Å². The van der Waals surface area contributed by atoms with Gasteiger partial charge in [-0.1, -0.05) is 158 Å². The average Bonchev–Trinajstić information content (AvgIpc) is 3.62. The van der Waals surface area contributed by atoms with Crippen molar-refractivity contribution < 1.29 is 0 Å². The van der Waals surface area contributed by atoms with Crippen LogP contribution >= 0.6 is 0 Å². The van der Waals surface area contributed by atoms with Gasteiger partial charge < -0.3 is 0 Å². The Bertz CT molecular complexity index is 1710. The Kier molecular flexibility index (Phi) is 7.88. The van der Waals surface area contributed by atoms with E-state index in [0.717, 1.165) is 19.3 Å². The zero-order chi connectivity index (χ0) is 32.3. The smallest absolute Gasteiger partial charge is 0.0105 e. The summed E-state index contributed by atoms with van der Waals surface area (Å²) in [5.41, 5.74) is 20.2. The number of hydrogen-bond donors (Lipinski definition) is 0. The zero-order valence-electron chi connectivity index (χ0n) is 29.4. The summed E-state index contributed by atoms with van der Waals surface area (Å²) >= 11 is 0. The summed E-state index contributed by atoms with van der Waals surface area (Å²) in [5, 5.41) is 0. The Hall–Kier alpha value is -3.64. The van der Waals surface area contributed by atoms with Gasteiger partial charge in [0.1, 0.15) is 0 Å². The highest BCUT2D eigenvalue weighted by molar-refractivity contribution is 5.86. The fourth-order valence-electron chi connectivity index (χ4n) is 7.81. The molecule has 0 N–H and O–H groups in total. The number of benzene rings is 4. The molecular weight excluding hydrogens is 540 g/mol. The van der Waals surface area contributed by atoms with E-state index >= 15 is 0 Å².